The lowest BCUT2D eigenvalue weighted by Gasteiger charge is -2.32. The highest BCUT2D eigenvalue weighted by molar-refractivity contribution is 7.12. The molecule has 2 heterocycles. The van der Waals surface area contributed by atoms with E-state index in [1.165, 1.54) is 11.3 Å². The predicted octanol–water partition coefficient (Wildman–Crippen LogP) is 2.49. The Hall–Kier alpha value is -0.950. The van der Waals surface area contributed by atoms with Crippen LogP contribution < -0.4 is 5.73 Å². The number of piperidine rings is 1. The lowest BCUT2D eigenvalue weighted by atomic mass is 10.1. The number of ether oxygens (including phenoxy) is 1. The van der Waals surface area contributed by atoms with Crippen LogP contribution in [0.2, 0.25) is 0 Å². The largest absolute Gasteiger partial charge is 0.378 e. The van der Waals surface area contributed by atoms with Crippen molar-refractivity contribution in [1.29, 1.82) is 0 Å². The third kappa shape index (κ3) is 6.59. The first-order chi connectivity index (χ1) is 10.7. The molecule has 0 saturated carbocycles. The molecular weight excluding hydrogens is 336 g/mol. The normalized spacial score (nSPS) is 15.3. The lowest BCUT2D eigenvalue weighted by Crippen LogP contribution is -2.41. The zero-order valence-corrected chi connectivity index (χ0v) is 14.9. The minimum absolute atomic E-state index is 0. The van der Waals surface area contributed by atoms with E-state index in [2.05, 4.69) is 0 Å². The third-order valence-electron chi connectivity index (χ3n) is 3.86. The second kappa shape index (κ2) is 10.8. The number of likely N-dealkylation sites (tertiary alicyclic amines) is 1. The summed E-state index contributed by atoms with van der Waals surface area (Å²) in [6, 6.07) is 3.66. The monoisotopic (exact) mass is 360 g/mol. The van der Waals surface area contributed by atoms with E-state index in [0.717, 1.165) is 37.2 Å². The van der Waals surface area contributed by atoms with Gasteiger partial charge in [0.05, 0.1) is 11.0 Å². The Bertz CT molecular complexity index is 474. The molecule has 1 aliphatic heterocycles. The maximum absolute atomic E-state index is 12.2. The van der Waals surface area contributed by atoms with Gasteiger partial charge in [0.2, 0.25) is 5.91 Å². The number of amides is 1. The van der Waals surface area contributed by atoms with Crippen LogP contribution in [0.3, 0.4) is 0 Å². The summed E-state index contributed by atoms with van der Waals surface area (Å²) in [4.78, 5) is 26.6. The lowest BCUT2D eigenvalue weighted by molar-refractivity contribution is -0.133. The van der Waals surface area contributed by atoms with E-state index in [1.54, 1.807) is 0 Å². The van der Waals surface area contributed by atoms with E-state index >= 15 is 0 Å². The van der Waals surface area contributed by atoms with Crippen molar-refractivity contribution in [2.45, 2.75) is 38.2 Å². The average Bonchev–Trinajstić information content (AvgIpc) is 3.08. The molecule has 23 heavy (non-hydrogen) atoms. The number of Topliss-reactive ketones (excluding diaryl/α,β-unsaturated/α-hetero) is 1. The molecule has 0 aliphatic carbocycles. The molecule has 0 spiro atoms. The van der Waals surface area contributed by atoms with Gasteiger partial charge in [-0.05, 0) is 37.3 Å². The second-order valence-electron chi connectivity index (χ2n) is 5.49. The smallest absolute Gasteiger partial charge is 0.223 e. The molecule has 0 atom stereocenters. The molecule has 0 radical (unpaired) electrons. The number of nitrogens with zero attached hydrogens (tertiary/aromatic N) is 1. The van der Waals surface area contributed by atoms with Crippen LogP contribution in [0.5, 0.6) is 0 Å². The van der Waals surface area contributed by atoms with Gasteiger partial charge in [-0.3, -0.25) is 9.59 Å². The van der Waals surface area contributed by atoms with Gasteiger partial charge in [-0.2, -0.15) is 0 Å². The molecule has 0 bridgehead atoms. The van der Waals surface area contributed by atoms with Gasteiger partial charge in [0.25, 0.3) is 0 Å². The van der Waals surface area contributed by atoms with Crippen LogP contribution in [0.1, 0.15) is 41.8 Å². The molecular formula is C16H25ClN2O3S. The standard InChI is InChI=1S/C16H24N2O3S.ClH/c17-8-2-11-21-13-6-9-18(10-7-13)16(20)5-4-14(19)15-3-1-12-22-15;/h1,3,12-13H,2,4-11,17H2;1H. The van der Waals surface area contributed by atoms with Gasteiger partial charge in [-0.15, -0.1) is 23.7 Å². The Morgan fingerprint density at radius 1 is 1.30 bits per heavy atom. The van der Waals surface area contributed by atoms with Crippen LogP contribution in [0.25, 0.3) is 0 Å². The highest BCUT2D eigenvalue weighted by atomic mass is 35.5. The van der Waals surface area contributed by atoms with E-state index in [-0.39, 0.29) is 30.2 Å². The molecule has 1 aromatic rings. The van der Waals surface area contributed by atoms with Gasteiger partial charge in [0.15, 0.2) is 5.78 Å². The van der Waals surface area contributed by atoms with Crippen LogP contribution in [-0.4, -0.2) is 48.9 Å². The minimum Gasteiger partial charge on any atom is -0.378 e. The van der Waals surface area contributed by atoms with Crippen molar-refractivity contribution in [3.63, 3.8) is 0 Å². The summed E-state index contributed by atoms with van der Waals surface area (Å²) < 4.78 is 5.73. The highest BCUT2D eigenvalue weighted by Gasteiger charge is 2.23. The molecule has 1 saturated heterocycles. The maximum atomic E-state index is 12.2. The van der Waals surface area contributed by atoms with Gasteiger partial charge in [-0.25, -0.2) is 0 Å². The zero-order valence-electron chi connectivity index (χ0n) is 13.2. The maximum Gasteiger partial charge on any atom is 0.223 e. The number of thiophene rings is 1. The van der Waals surface area contributed by atoms with Gasteiger partial charge in [0, 0.05) is 32.5 Å². The number of hydrogen-bond donors (Lipinski definition) is 1. The van der Waals surface area contributed by atoms with Gasteiger partial charge < -0.3 is 15.4 Å². The Morgan fingerprint density at radius 2 is 2.04 bits per heavy atom. The van der Waals surface area contributed by atoms with Crippen LogP contribution in [0.4, 0.5) is 0 Å². The number of rotatable bonds is 8. The molecule has 5 nitrogen and oxygen atoms in total. The van der Waals surface area contributed by atoms with Crippen molar-refractivity contribution in [3.05, 3.63) is 22.4 Å². The number of halogens is 1. The van der Waals surface area contributed by atoms with Crippen LogP contribution >= 0.6 is 23.7 Å². The summed E-state index contributed by atoms with van der Waals surface area (Å²) in [5.74, 6) is 0.133. The fourth-order valence-corrected chi connectivity index (χ4v) is 3.24. The first kappa shape index (κ1) is 20.1. The summed E-state index contributed by atoms with van der Waals surface area (Å²) in [6.45, 7) is 2.79. The minimum atomic E-state index is 0. The van der Waals surface area contributed by atoms with E-state index in [4.69, 9.17) is 10.5 Å². The van der Waals surface area contributed by atoms with Crippen LogP contribution in [0.15, 0.2) is 17.5 Å². The number of nitrogens with two attached hydrogens (primary N) is 1. The van der Waals surface area contributed by atoms with Crippen LogP contribution in [-0.2, 0) is 9.53 Å². The van der Waals surface area contributed by atoms with Crippen molar-refractivity contribution in [3.8, 4) is 0 Å². The second-order valence-corrected chi connectivity index (χ2v) is 6.44. The van der Waals surface area contributed by atoms with E-state index in [1.807, 2.05) is 22.4 Å². The molecule has 0 aromatic carbocycles. The first-order valence-corrected chi connectivity index (χ1v) is 8.75. The summed E-state index contributed by atoms with van der Waals surface area (Å²) >= 11 is 1.43. The molecule has 1 amide bonds. The number of ketones is 1. The molecule has 1 aromatic heterocycles. The van der Waals surface area contributed by atoms with Gasteiger partial charge >= 0.3 is 0 Å². The average molecular weight is 361 g/mol. The van der Waals surface area contributed by atoms with Crippen molar-refractivity contribution >= 4 is 35.4 Å². The first-order valence-electron chi connectivity index (χ1n) is 7.87. The van der Waals surface area contributed by atoms with E-state index in [0.29, 0.717) is 26.0 Å². The van der Waals surface area contributed by atoms with Crippen molar-refractivity contribution in [2.24, 2.45) is 5.73 Å². The molecule has 7 heteroatoms. The molecule has 2 rings (SSSR count). The third-order valence-corrected chi connectivity index (χ3v) is 4.77. The summed E-state index contributed by atoms with van der Waals surface area (Å²) in [7, 11) is 0. The molecule has 1 fully saturated rings. The number of carbonyl (C=O) groups is 2. The zero-order chi connectivity index (χ0) is 15.8. The van der Waals surface area contributed by atoms with E-state index < -0.39 is 0 Å². The number of hydrogen-bond acceptors (Lipinski definition) is 5. The van der Waals surface area contributed by atoms with Gasteiger partial charge in [-0.1, -0.05) is 6.07 Å². The molecule has 1 aliphatic rings. The van der Waals surface area contributed by atoms with Crippen molar-refractivity contribution < 1.29 is 14.3 Å². The van der Waals surface area contributed by atoms with Crippen molar-refractivity contribution in [2.75, 3.05) is 26.2 Å². The summed E-state index contributed by atoms with van der Waals surface area (Å²) in [6.07, 6.45) is 3.46. The van der Waals surface area contributed by atoms with Crippen LogP contribution in [0, 0.1) is 0 Å². The molecule has 0 unspecified atom stereocenters. The SMILES string of the molecule is Cl.NCCCOC1CCN(C(=O)CCC(=O)c2cccs2)CC1. The Kier molecular flexibility index (Phi) is 9.40. The topological polar surface area (TPSA) is 72.6 Å². The Balaban J connectivity index is 0.00000264. The Morgan fingerprint density at radius 3 is 2.65 bits per heavy atom. The highest BCUT2D eigenvalue weighted by Crippen LogP contribution is 2.17. The van der Waals surface area contributed by atoms with E-state index in [9.17, 15) is 9.59 Å². The molecule has 130 valence electrons. The molecule has 2 N–H and O–H groups in total. The number of carbonyl (C=O) groups excluding carboxylic acids is 2. The fourth-order valence-electron chi connectivity index (χ4n) is 2.54. The summed E-state index contributed by atoms with van der Waals surface area (Å²) in [5.41, 5.74) is 5.44. The van der Waals surface area contributed by atoms with Gasteiger partial charge in [0.1, 0.15) is 0 Å². The Labute approximate surface area is 147 Å². The van der Waals surface area contributed by atoms with Crippen molar-refractivity contribution in [1.82, 2.24) is 4.90 Å². The predicted molar refractivity (Wildman–Crippen MR) is 94.4 cm³/mol. The quantitative estimate of drug-likeness (QED) is 0.571. The fraction of sp³-hybridized carbons (Fsp3) is 0.625. The summed E-state index contributed by atoms with van der Waals surface area (Å²) in [5, 5.41) is 1.88.